The summed E-state index contributed by atoms with van der Waals surface area (Å²) in [7, 11) is -1.34. The van der Waals surface area contributed by atoms with Crippen LogP contribution in [0.1, 0.15) is 52.0 Å². The van der Waals surface area contributed by atoms with Gasteiger partial charge in [-0.15, -0.1) is 11.6 Å². The number of rotatable bonds is 5. The Kier molecular flexibility index (Phi) is 5.57. The molecule has 0 saturated heterocycles. The van der Waals surface area contributed by atoms with E-state index >= 15 is 0 Å². The Morgan fingerprint density at radius 1 is 1.30 bits per heavy atom. The Labute approximate surface area is 146 Å². The van der Waals surface area contributed by atoms with Gasteiger partial charge in [0, 0.05) is 10.3 Å². The van der Waals surface area contributed by atoms with Gasteiger partial charge >= 0.3 is 5.97 Å². The maximum Gasteiger partial charge on any atom is 0.306 e. The number of hydrogen-bond acceptors (Lipinski definition) is 3. The molecular formula is C18H25ClO3S. The molecule has 1 fully saturated rings. The average Bonchev–Trinajstić information content (AvgIpc) is 2.40. The summed E-state index contributed by atoms with van der Waals surface area (Å²) in [5, 5.41) is 0. The van der Waals surface area contributed by atoms with Gasteiger partial charge in [0.1, 0.15) is 10.3 Å². The Morgan fingerprint density at radius 3 is 2.30 bits per heavy atom. The van der Waals surface area contributed by atoms with Gasteiger partial charge in [0.2, 0.25) is 0 Å². The van der Waals surface area contributed by atoms with Crippen LogP contribution in [-0.4, -0.2) is 20.5 Å². The van der Waals surface area contributed by atoms with Crippen molar-refractivity contribution in [2.45, 2.75) is 68.6 Å². The van der Waals surface area contributed by atoms with Crippen LogP contribution in [0, 0.1) is 12.3 Å². The molecule has 1 aromatic carbocycles. The molecule has 0 heterocycles. The fraction of sp³-hybridized carbons (Fsp3) is 0.611. The number of esters is 1. The quantitative estimate of drug-likeness (QED) is 0.573. The molecule has 1 aliphatic carbocycles. The lowest BCUT2D eigenvalue weighted by molar-refractivity contribution is -0.159. The van der Waals surface area contributed by atoms with Crippen LogP contribution in [-0.2, 0) is 20.3 Å². The van der Waals surface area contributed by atoms with Crippen molar-refractivity contribution in [1.29, 1.82) is 0 Å². The minimum absolute atomic E-state index is 0.232. The fourth-order valence-corrected chi connectivity index (χ4v) is 4.82. The molecule has 3 nitrogen and oxygen atoms in total. The maximum atomic E-state index is 12.8. The highest BCUT2D eigenvalue weighted by Gasteiger charge is 2.48. The summed E-state index contributed by atoms with van der Waals surface area (Å²) in [6, 6.07) is 7.55. The Bertz CT molecular complexity index is 585. The number of carbonyl (C=O) groups is 1. The second-order valence-corrected chi connectivity index (χ2v) is 9.64. The molecule has 5 heteroatoms. The smallest absolute Gasteiger partial charge is 0.306 e. The summed E-state index contributed by atoms with van der Waals surface area (Å²) in [4.78, 5) is 12.9. The Morgan fingerprint density at radius 2 is 1.87 bits per heavy atom. The molecule has 0 spiro atoms. The van der Waals surface area contributed by atoms with Crippen LogP contribution >= 0.6 is 11.6 Å². The van der Waals surface area contributed by atoms with Crippen LogP contribution in [0.25, 0.3) is 0 Å². The summed E-state index contributed by atoms with van der Waals surface area (Å²) in [5.41, 5.74) is 0.184. The summed E-state index contributed by atoms with van der Waals surface area (Å²) in [5.74, 6) is -0.260. The first-order valence-corrected chi connectivity index (χ1v) is 9.61. The van der Waals surface area contributed by atoms with Crippen molar-refractivity contribution in [2.24, 2.45) is 5.41 Å². The maximum absolute atomic E-state index is 12.8. The third-order valence-corrected chi connectivity index (χ3v) is 6.75. The molecule has 2 unspecified atom stereocenters. The van der Waals surface area contributed by atoms with Gasteiger partial charge < -0.3 is 4.74 Å². The first kappa shape index (κ1) is 18.5. The van der Waals surface area contributed by atoms with E-state index < -0.39 is 26.5 Å². The summed E-state index contributed by atoms with van der Waals surface area (Å²) in [6.07, 6.45) is 2.88. The first-order chi connectivity index (χ1) is 10.6. The van der Waals surface area contributed by atoms with E-state index in [1.807, 2.05) is 52.0 Å². The molecule has 0 aliphatic heterocycles. The second-order valence-electron chi connectivity index (χ2n) is 7.41. The lowest BCUT2D eigenvalue weighted by atomic mass is 9.68. The molecule has 1 aliphatic rings. The average molecular weight is 357 g/mol. The van der Waals surface area contributed by atoms with E-state index in [1.165, 1.54) is 0 Å². The van der Waals surface area contributed by atoms with Crippen LogP contribution in [0.4, 0.5) is 0 Å². The van der Waals surface area contributed by atoms with Crippen molar-refractivity contribution in [3.8, 4) is 0 Å². The lowest BCUT2D eigenvalue weighted by Gasteiger charge is -2.44. The van der Waals surface area contributed by atoms with Crippen LogP contribution in [0.2, 0.25) is 0 Å². The molecule has 0 radical (unpaired) electrons. The minimum atomic E-state index is -1.34. The van der Waals surface area contributed by atoms with Gasteiger partial charge in [-0.05, 0) is 52.7 Å². The highest BCUT2D eigenvalue weighted by atomic mass is 35.5. The van der Waals surface area contributed by atoms with Crippen molar-refractivity contribution < 1.29 is 13.7 Å². The number of ether oxygens (including phenoxy) is 1. The van der Waals surface area contributed by atoms with Crippen LogP contribution in [0.15, 0.2) is 29.2 Å². The molecular weight excluding hydrogens is 332 g/mol. The second kappa shape index (κ2) is 6.94. The third-order valence-electron chi connectivity index (χ3n) is 4.19. The molecule has 0 amide bonds. The van der Waals surface area contributed by atoms with Crippen molar-refractivity contribution in [3.63, 3.8) is 0 Å². The number of hydrogen-bond donors (Lipinski definition) is 0. The lowest BCUT2D eigenvalue weighted by Crippen LogP contribution is -2.43. The van der Waals surface area contributed by atoms with E-state index in [4.69, 9.17) is 16.3 Å². The van der Waals surface area contributed by atoms with Crippen molar-refractivity contribution in [2.75, 3.05) is 0 Å². The molecule has 0 bridgehead atoms. The van der Waals surface area contributed by atoms with Crippen molar-refractivity contribution >= 4 is 28.4 Å². The topological polar surface area (TPSA) is 43.4 Å². The van der Waals surface area contributed by atoms with Gasteiger partial charge in [0.25, 0.3) is 0 Å². The van der Waals surface area contributed by atoms with E-state index in [0.717, 1.165) is 24.8 Å². The highest BCUT2D eigenvalue weighted by Crippen LogP contribution is 2.51. The number of halogens is 1. The first-order valence-electron chi connectivity index (χ1n) is 7.96. The SMILES string of the molecule is Cc1ccc(S(=O)C(Cl)C2(CC(=O)OC(C)(C)C)CCC2)cc1. The van der Waals surface area contributed by atoms with E-state index in [2.05, 4.69) is 0 Å². The zero-order chi connectivity index (χ0) is 17.3. The number of alkyl halides is 1. The number of benzene rings is 1. The number of aryl methyl sites for hydroxylation is 1. The van der Waals surface area contributed by atoms with E-state index in [-0.39, 0.29) is 12.4 Å². The largest absolute Gasteiger partial charge is 0.460 e. The predicted octanol–water partition coefficient (Wildman–Crippen LogP) is 4.57. The molecule has 2 atom stereocenters. The molecule has 23 heavy (non-hydrogen) atoms. The van der Waals surface area contributed by atoms with Crippen LogP contribution in [0.3, 0.4) is 0 Å². The molecule has 1 saturated carbocycles. The Hall–Kier alpha value is -0.870. The van der Waals surface area contributed by atoms with E-state index in [0.29, 0.717) is 4.90 Å². The molecule has 0 N–H and O–H groups in total. The van der Waals surface area contributed by atoms with E-state index in [9.17, 15) is 9.00 Å². The molecule has 0 aromatic heterocycles. The summed E-state index contributed by atoms with van der Waals surface area (Å²) >= 11 is 6.57. The van der Waals surface area contributed by atoms with Gasteiger partial charge in [-0.25, -0.2) is 0 Å². The summed E-state index contributed by atoms with van der Waals surface area (Å²) < 4.78 is 17.6. The molecule has 2 rings (SSSR count). The highest BCUT2D eigenvalue weighted by molar-refractivity contribution is 7.87. The minimum Gasteiger partial charge on any atom is -0.460 e. The van der Waals surface area contributed by atoms with Gasteiger partial charge in [-0.2, -0.15) is 0 Å². The zero-order valence-electron chi connectivity index (χ0n) is 14.2. The predicted molar refractivity (Wildman–Crippen MR) is 94.0 cm³/mol. The third kappa shape index (κ3) is 4.57. The van der Waals surface area contributed by atoms with Crippen molar-refractivity contribution in [3.05, 3.63) is 29.8 Å². The van der Waals surface area contributed by atoms with Crippen molar-refractivity contribution in [1.82, 2.24) is 0 Å². The van der Waals surface area contributed by atoms with Crippen LogP contribution in [0.5, 0.6) is 0 Å². The van der Waals surface area contributed by atoms with Gasteiger partial charge in [0.05, 0.1) is 17.2 Å². The van der Waals surface area contributed by atoms with Gasteiger partial charge in [-0.1, -0.05) is 24.1 Å². The van der Waals surface area contributed by atoms with Crippen LogP contribution < -0.4 is 0 Å². The zero-order valence-corrected chi connectivity index (χ0v) is 15.8. The van der Waals surface area contributed by atoms with E-state index in [1.54, 1.807) is 0 Å². The standard InChI is InChI=1S/C18H25ClO3S/c1-13-6-8-14(9-7-13)23(21)16(19)18(10-5-11-18)12-15(20)22-17(2,3)4/h6-9,16H,5,10-12H2,1-4H3. The van der Waals surface area contributed by atoms with Gasteiger partial charge in [0.15, 0.2) is 0 Å². The number of carbonyl (C=O) groups excluding carboxylic acids is 1. The molecule has 1 aromatic rings. The fourth-order valence-electron chi connectivity index (χ4n) is 2.80. The summed E-state index contributed by atoms with van der Waals surface area (Å²) in [6.45, 7) is 7.53. The normalized spacial score (nSPS) is 19.5. The Balaban J connectivity index is 2.11. The monoisotopic (exact) mass is 356 g/mol. The molecule has 128 valence electrons. The van der Waals surface area contributed by atoms with Gasteiger partial charge in [-0.3, -0.25) is 9.00 Å².